The summed E-state index contributed by atoms with van der Waals surface area (Å²) in [6.45, 7) is -1.49. The van der Waals surface area contributed by atoms with Crippen LogP contribution in [0.15, 0.2) is 30.3 Å². The summed E-state index contributed by atoms with van der Waals surface area (Å²) in [5, 5.41) is 11.1. The molecule has 19 heavy (non-hydrogen) atoms. The quantitative estimate of drug-likeness (QED) is 0.737. The van der Waals surface area contributed by atoms with Crippen LogP contribution in [0.2, 0.25) is 0 Å². The van der Waals surface area contributed by atoms with Crippen molar-refractivity contribution in [3.63, 3.8) is 0 Å². The third kappa shape index (κ3) is 5.71. The zero-order chi connectivity index (χ0) is 14.5. The lowest BCUT2D eigenvalue weighted by Gasteiger charge is -2.19. The highest BCUT2D eigenvalue weighted by atomic mass is 19.4. The van der Waals surface area contributed by atoms with E-state index in [2.05, 4.69) is 0 Å². The summed E-state index contributed by atoms with van der Waals surface area (Å²) in [7, 11) is 0. The molecule has 4 nitrogen and oxygen atoms in total. The molecular weight excluding hydrogens is 261 g/mol. The number of hydrogen-bond donors (Lipinski definition) is 3. The van der Waals surface area contributed by atoms with Gasteiger partial charge in [-0.1, -0.05) is 30.3 Å². The van der Waals surface area contributed by atoms with Crippen molar-refractivity contribution >= 4 is 5.91 Å². The molecule has 106 valence electrons. The summed E-state index contributed by atoms with van der Waals surface area (Å²) >= 11 is 0. The van der Waals surface area contributed by atoms with Crippen molar-refractivity contribution in [2.24, 2.45) is 5.73 Å². The predicted molar refractivity (Wildman–Crippen MR) is 63.2 cm³/mol. The van der Waals surface area contributed by atoms with Gasteiger partial charge >= 0.3 is 6.18 Å². The average molecular weight is 276 g/mol. The van der Waals surface area contributed by atoms with E-state index in [-0.39, 0.29) is 6.42 Å². The zero-order valence-electron chi connectivity index (χ0n) is 10.0. The molecule has 0 radical (unpaired) electrons. The number of amides is 1. The van der Waals surface area contributed by atoms with Crippen molar-refractivity contribution < 1.29 is 23.1 Å². The van der Waals surface area contributed by atoms with Crippen LogP contribution < -0.4 is 11.1 Å². The number of nitrogens with one attached hydrogen (secondary N) is 1. The molecule has 0 fully saturated rings. The number of halogens is 3. The van der Waals surface area contributed by atoms with E-state index in [4.69, 9.17) is 5.73 Å². The maximum absolute atomic E-state index is 11.9. The van der Waals surface area contributed by atoms with Crippen LogP contribution in [0.3, 0.4) is 0 Å². The van der Waals surface area contributed by atoms with E-state index in [1.807, 2.05) is 0 Å². The first kappa shape index (κ1) is 15.5. The molecular formula is C12H15F3N2O2. The van der Waals surface area contributed by atoms with Gasteiger partial charge in [0.2, 0.25) is 0 Å². The second kappa shape index (κ2) is 6.53. The lowest BCUT2D eigenvalue weighted by atomic mass is 10.0. The molecule has 1 rings (SSSR count). The van der Waals surface area contributed by atoms with E-state index in [1.165, 1.54) is 0 Å². The van der Waals surface area contributed by atoms with Crippen LogP contribution >= 0.6 is 0 Å². The molecule has 1 amide bonds. The van der Waals surface area contributed by atoms with E-state index in [9.17, 15) is 23.1 Å². The van der Waals surface area contributed by atoms with E-state index in [0.717, 1.165) is 5.56 Å². The molecule has 2 atom stereocenters. The van der Waals surface area contributed by atoms with Crippen LogP contribution in [-0.4, -0.2) is 35.9 Å². The van der Waals surface area contributed by atoms with E-state index >= 15 is 0 Å². The lowest BCUT2D eigenvalue weighted by molar-refractivity contribution is -0.144. The number of rotatable bonds is 5. The predicted octanol–water partition coefficient (Wildman–Crippen LogP) is 0.596. The second-order valence-electron chi connectivity index (χ2n) is 4.13. The van der Waals surface area contributed by atoms with Crippen LogP contribution in [0.5, 0.6) is 0 Å². The first-order valence-corrected chi connectivity index (χ1v) is 5.61. The summed E-state index contributed by atoms with van der Waals surface area (Å²) in [6.07, 6.45) is -6.00. The van der Waals surface area contributed by atoms with Gasteiger partial charge < -0.3 is 16.2 Å². The molecule has 0 saturated carbocycles. The highest BCUT2D eigenvalue weighted by molar-refractivity contribution is 5.81. The molecule has 7 heteroatoms. The Kier molecular flexibility index (Phi) is 5.31. The molecule has 0 aliphatic carbocycles. The molecule has 0 bridgehead atoms. The fourth-order valence-electron chi connectivity index (χ4n) is 1.48. The summed E-state index contributed by atoms with van der Waals surface area (Å²) < 4.78 is 35.7. The van der Waals surface area contributed by atoms with Crippen LogP contribution in [0.25, 0.3) is 0 Å². The van der Waals surface area contributed by atoms with Crippen LogP contribution in [0.1, 0.15) is 5.56 Å². The monoisotopic (exact) mass is 276 g/mol. The summed E-state index contributed by atoms with van der Waals surface area (Å²) in [5.74, 6) is -1.12. The smallest absolute Gasteiger partial charge is 0.382 e. The van der Waals surface area contributed by atoms with Crippen molar-refractivity contribution in [3.05, 3.63) is 35.9 Å². The fourth-order valence-corrected chi connectivity index (χ4v) is 1.48. The van der Waals surface area contributed by atoms with Crippen molar-refractivity contribution in [2.75, 3.05) is 6.54 Å². The third-order valence-corrected chi connectivity index (χ3v) is 2.45. The van der Waals surface area contributed by atoms with Crippen molar-refractivity contribution in [2.45, 2.75) is 24.7 Å². The molecule has 1 aromatic carbocycles. The number of carbonyl (C=O) groups is 1. The lowest BCUT2D eigenvalue weighted by Crippen LogP contribution is -2.49. The standard InChI is InChI=1S/C12H15F3N2O2/c13-12(14,15)7-17-11(19)10(18)9(16)6-8-4-2-1-3-5-8/h1-5,9-10,18H,6-7,16H2,(H,17,19)/t9-,10?/m0/s1. The highest BCUT2D eigenvalue weighted by Gasteiger charge is 2.30. The minimum absolute atomic E-state index is 0.196. The van der Waals surface area contributed by atoms with E-state index in [1.54, 1.807) is 35.6 Å². The average Bonchev–Trinajstić information content (AvgIpc) is 2.35. The number of alkyl halides is 3. The van der Waals surface area contributed by atoms with Gasteiger partial charge in [-0.3, -0.25) is 4.79 Å². The van der Waals surface area contributed by atoms with Gasteiger partial charge in [-0.25, -0.2) is 0 Å². The topological polar surface area (TPSA) is 75.3 Å². The fraction of sp³-hybridized carbons (Fsp3) is 0.417. The Labute approximate surface area is 108 Å². The van der Waals surface area contributed by atoms with Crippen molar-refractivity contribution in [1.29, 1.82) is 0 Å². The molecule has 0 heterocycles. The van der Waals surface area contributed by atoms with Gasteiger partial charge in [0, 0.05) is 6.04 Å². The van der Waals surface area contributed by atoms with Crippen LogP contribution in [0.4, 0.5) is 13.2 Å². The van der Waals surface area contributed by atoms with Gasteiger partial charge in [0.15, 0.2) is 0 Å². The largest absolute Gasteiger partial charge is 0.405 e. The van der Waals surface area contributed by atoms with Crippen LogP contribution in [-0.2, 0) is 11.2 Å². The Morgan fingerprint density at radius 2 is 1.89 bits per heavy atom. The molecule has 0 aliphatic rings. The number of nitrogens with two attached hydrogens (primary N) is 1. The Morgan fingerprint density at radius 1 is 1.32 bits per heavy atom. The minimum Gasteiger partial charge on any atom is -0.382 e. The maximum Gasteiger partial charge on any atom is 0.405 e. The number of aliphatic hydroxyl groups is 1. The maximum atomic E-state index is 11.9. The molecule has 0 saturated heterocycles. The molecule has 0 aromatic heterocycles. The summed E-state index contributed by atoms with van der Waals surface area (Å²) in [4.78, 5) is 11.3. The van der Waals surface area contributed by atoms with E-state index < -0.39 is 30.8 Å². The normalized spacial score (nSPS) is 14.8. The highest BCUT2D eigenvalue weighted by Crippen LogP contribution is 2.12. The number of hydrogen-bond acceptors (Lipinski definition) is 3. The Hall–Kier alpha value is -1.60. The summed E-state index contributed by atoms with van der Waals surface area (Å²) in [5.41, 5.74) is 6.39. The van der Waals surface area contributed by atoms with E-state index in [0.29, 0.717) is 0 Å². The molecule has 1 unspecified atom stereocenters. The minimum atomic E-state index is -4.51. The molecule has 0 aliphatic heterocycles. The molecule has 4 N–H and O–H groups in total. The van der Waals surface area contributed by atoms with Gasteiger partial charge in [-0.05, 0) is 12.0 Å². The second-order valence-corrected chi connectivity index (χ2v) is 4.13. The van der Waals surface area contributed by atoms with Gasteiger partial charge in [-0.2, -0.15) is 13.2 Å². The number of carbonyl (C=O) groups excluding carboxylic acids is 1. The molecule has 0 spiro atoms. The van der Waals surface area contributed by atoms with Gasteiger partial charge in [0.25, 0.3) is 5.91 Å². The Balaban J connectivity index is 2.48. The Morgan fingerprint density at radius 3 is 2.42 bits per heavy atom. The first-order chi connectivity index (χ1) is 8.79. The summed E-state index contributed by atoms with van der Waals surface area (Å²) in [6, 6.07) is 7.86. The number of benzene rings is 1. The first-order valence-electron chi connectivity index (χ1n) is 5.61. The van der Waals surface area contributed by atoms with Gasteiger partial charge in [-0.15, -0.1) is 0 Å². The number of aliphatic hydroxyl groups excluding tert-OH is 1. The third-order valence-electron chi connectivity index (χ3n) is 2.45. The van der Waals surface area contributed by atoms with Gasteiger partial charge in [0.05, 0.1) is 0 Å². The van der Waals surface area contributed by atoms with Crippen LogP contribution in [0, 0.1) is 0 Å². The molecule has 1 aromatic rings. The Bertz CT molecular complexity index is 409. The van der Waals surface area contributed by atoms with Crippen molar-refractivity contribution in [3.8, 4) is 0 Å². The van der Waals surface area contributed by atoms with Crippen molar-refractivity contribution in [1.82, 2.24) is 5.32 Å². The SMILES string of the molecule is N[C@@H](Cc1ccccc1)C(O)C(=O)NCC(F)(F)F. The zero-order valence-corrected chi connectivity index (χ0v) is 10.0. The van der Waals surface area contributed by atoms with Gasteiger partial charge in [0.1, 0.15) is 12.6 Å².